The molecule has 23 heavy (non-hydrogen) atoms. The fourth-order valence-electron chi connectivity index (χ4n) is 3.22. The van der Waals surface area contributed by atoms with Crippen molar-refractivity contribution in [1.29, 1.82) is 0 Å². The molecule has 2 fully saturated rings. The minimum atomic E-state index is -3.02. The van der Waals surface area contributed by atoms with Crippen LogP contribution in [0.2, 0.25) is 0 Å². The number of aryl methyl sites for hydroxylation is 1. The van der Waals surface area contributed by atoms with E-state index in [-0.39, 0.29) is 29.4 Å². The molecule has 0 aliphatic carbocycles. The van der Waals surface area contributed by atoms with Gasteiger partial charge >= 0.3 is 0 Å². The van der Waals surface area contributed by atoms with Crippen molar-refractivity contribution >= 4 is 15.7 Å². The summed E-state index contributed by atoms with van der Waals surface area (Å²) in [6.45, 7) is 6.43. The van der Waals surface area contributed by atoms with E-state index in [1.54, 1.807) is 11.8 Å². The molecule has 1 aromatic heterocycles. The van der Waals surface area contributed by atoms with Gasteiger partial charge in [0.05, 0.1) is 23.5 Å². The van der Waals surface area contributed by atoms with E-state index in [9.17, 15) is 13.2 Å². The SMILES string of the molecule is Cc1noc([C@H](C)N2CCN(C(=O)[C@H]3CCS(=O)(=O)C3)CC2)n1. The Labute approximate surface area is 135 Å². The van der Waals surface area contributed by atoms with Crippen molar-refractivity contribution in [2.24, 2.45) is 5.92 Å². The van der Waals surface area contributed by atoms with Crippen molar-refractivity contribution in [2.45, 2.75) is 26.3 Å². The first-order chi connectivity index (χ1) is 10.9. The van der Waals surface area contributed by atoms with Crippen LogP contribution in [0.4, 0.5) is 0 Å². The summed E-state index contributed by atoms with van der Waals surface area (Å²) in [4.78, 5) is 20.7. The van der Waals surface area contributed by atoms with Gasteiger partial charge in [-0.15, -0.1) is 0 Å². The highest BCUT2D eigenvalue weighted by Gasteiger charge is 2.36. The van der Waals surface area contributed by atoms with Gasteiger partial charge in [0.25, 0.3) is 0 Å². The van der Waals surface area contributed by atoms with Crippen LogP contribution in [0.3, 0.4) is 0 Å². The number of aromatic nitrogens is 2. The summed E-state index contributed by atoms with van der Waals surface area (Å²) in [6, 6.07) is 0.0142. The second-order valence-corrected chi connectivity index (χ2v) is 8.55. The van der Waals surface area contributed by atoms with E-state index < -0.39 is 9.84 Å². The molecule has 0 unspecified atom stereocenters. The molecule has 9 heteroatoms. The summed E-state index contributed by atoms with van der Waals surface area (Å²) in [7, 11) is -3.02. The molecule has 0 saturated carbocycles. The third-order valence-corrected chi connectivity index (χ3v) is 6.42. The van der Waals surface area contributed by atoms with Gasteiger partial charge in [0, 0.05) is 26.2 Å². The summed E-state index contributed by atoms with van der Waals surface area (Å²) in [5.41, 5.74) is 0. The Morgan fingerprint density at radius 3 is 2.52 bits per heavy atom. The standard InChI is InChI=1S/C14H22N4O4S/c1-10(13-15-11(2)16-22-13)17-4-6-18(7-5-17)14(19)12-3-8-23(20,21)9-12/h10,12H,3-9H2,1-2H3/t10-,12-/m0/s1. The van der Waals surface area contributed by atoms with E-state index in [2.05, 4.69) is 15.0 Å². The van der Waals surface area contributed by atoms with Crippen LogP contribution in [0.25, 0.3) is 0 Å². The first-order valence-electron chi connectivity index (χ1n) is 7.89. The third-order valence-electron chi connectivity index (χ3n) is 4.66. The second-order valence-electron chi connectivity index (χ2n) is 6.32. The van der Waals surface area contributed by atoms with E-state index in [0.29, 0.717) is 44.3 Å². The molecule has 2 aliphatic heterocycles. The van der Waals surface area contributed by atoms with Crippen molar-refractivity contribution < 1.29 is 17.7 Å². The molecule has 8 nitrogen and oxygen atoms in total. The quantitative estimate of drug-likeness (QED) is 0.764. The Balaban J connectivity index is 1.55. The number of carbonyl (C=O) groups excluding carboxylic acids is 1. The minimum absolute atomic E-state index is 0.00368. The smallest absolute Gasteiger partial charge is 0.243 e. The van der Waals surface area contributed by atoms with Crippen LogP contribution in [0.15, 0.2) is 4.52 Å². The molecule has 0 radical (unpaired) electrons. The van der Waals surface area contributed by atoms with Gasteiger partial charge in [-0.1, -0.05) is 5.16 Å². The summed E-state index contributed by atoms with van der Waals surface area (Å²) in [6.07, 6.45) is 0.457. The van der Waals surface area contributed by atoms with Crippen LogP contribution in [0.5, 0.6) is 0 Å². The minimum Gasteiger partial charge on any atom is -0.340 e. The molecule has 0 spiro atoms. The van der Waals surface area contributed by atoms with E-state index in [1.807, 2.05) is 6.92 Å². The highest BCUT2D eigenvalue weighted by molar-refractivity contribution is 7.91. The maximum absolute atomic E-state index is 12.4. The zero-order valence-corrected chi connectivity index (χ0v) is 14.3. The van der Waals surface area contributed by atoms with E-state index >= 15 is 0 Å². The molecule has 3 heterocycles. The van der Waals surface area contributed by atoms with Crippen LogP contribution in [-0.4, -0.2) is 72.0 Å². The highest BCUT2D eigenvalue weighted by Crippen LogP contribution is 2.24. The lowest BCUT2D eigenvalue weighted by Gasteiger charge is -2.37. The fourth-order valence-corrected chi connectivity index (χ4v) is 4.95. The zero-order chi connectivity index (χ0) is 16.6. The van der Waals surface area contributed by atoms with Gasteiger partial charge in [-0.2, -0.15) is 4.98 Å². The van der Waals surface area contributed by atoms with Gasteiger partial charge in [-0.25, -0.2) is 8.42 Å². The Morgan fingerprint density at radius 2 is 2.00 bits per heavy atom. The predicted octanol–water partition coefficient (Wildman–Crippen LogP) is 0.0179. The highest BCUT2D eigenvalue weighted by atomic mass is 32.2. The summed E-state index contributed by atoms with van der Waals surface area (Å²) < 4.78 is 28.3. The van der Waals surface area contributed by atoms with Gasteiger partial charge in [-0.05, 0) is 20.3 Å². The Bertz CT molecular complexity index is 679. The molecular formula is C14H22N4O4S. The maximum Gasteiger partial charge on any atom is 0.243 e. The lowest BCUT2D eigenvalue weighted by molar-refractivity contribution is -0.136. The number of hydrogen-bond acceptors (Lipinski definition) is 7. The lowest BCUT2D eigenvalue weighted by atomic mass is 10.1. The number of amides is 1. The molecule has 0 N–H and O–H groups in total. The largest absolute Gasteiger partial charge is 0.340 e. The van der Waals surface area contributed by atoms with Crippen LogP contribution in [0, 0.1) is 12.8 Å². The molecule has 2 aliphatic rings. The van der Waals surface area contributed by atoms with Crippen molar-refractivity contribution in [3.8, 4) is 0 Å². The molecule has 1 aromatic rings. The molecular weight excluding hydrogens is 320 g/mol. The molecule has 1 amide bonds. The van der Waals surface area contributed by atoms with Crippen LogP contribution in [0.1, 0.15) is 31.1 Å². The monoisotopic (exact) mass is 342 g/mol. The topological polar surface area (TPSA) is 96.6 Å². The van der Waals surface area contributed by atoms with Crippen LogP contribution >= 0.6 is 0 Å². The number of nitrogens with zero attached hydrogens (tertiary/aromatic N) is 4. The average molecular weight is 342 g/mol. The Kier molecular flexibility index (Phi) is 4.41. The number of sulfone groups is 1. The van der Waals surface area contributed by atoms with Crippen molar-refractivity contribution in [1.82, 2.24) is 19.9 Å². The molecule has 2 atom stereocenters. The van der Waals surface area contributed by atoms with E-state index in [0.717, 1.165) is 0 Å². The zero-order valence-electron chi connectivity index (χ0n) is 13.4. The first-order valence-corrected chi connectivity index (χ1v) is 9.71. The van der Waals surface area contributed by atoms with Gasteiger partial charge in [-0.3, -0.25) is 9.69 Å². The van der Waals surface area contributed by atoms with Gasteiger partial charge in [0.15, 0.2) is 15.7 Å². The predicted molar refractivity (Wildman–Crippen MR) is 82.4 cm³/mol. The van der Waals surface area contributed by atoms with Gasteiger partial charge < -0.3 is 9.42 Å². The number of carbonyl (C=O) groups is 1. The molecule has 0 bridgehead atoms. The van der Waals surface area contributed by atoms with Gasteiger partial charge in [0.2, 0.25) is 11.8 Å². The van der Waals surface area contributed by atoms with E-state index in [1.165, 1.54) is 0 Å². The van der Waals surface area contributed by atoms with E-state index in [4.69, 9.17) is 4.52 Å². The summed E-state index contributed by atoms with van der Waals surface area (Å²) in [5, 5.41) is 3.81. The third kappa shape index (κ3) is 3.55. The number of hydrogen-bond donors (Lipinski definition) is 0. The molecule has 0 aromatic carbocycles. The van der Waals surface area contributed by atoms with Crippen LogP contribution in [-0.2, 0) is 14.6 Å². The Morgan fingerprint density at radius 1 is 1.30 bits per heavy atom. The van der Waals surface area contributed by atoms with Crippen LogP contribution < -0.4 is 0 Å². The normalized spacial score (nSPS) is 26.3. The van der Waals surface area contributed by atoms with Crippen molar-refractivity contribution in [3.63, 3.8) is 0 Å². The van der Waals surface area contributed by atoms with Crippen molar-refractivity contribution in [3.05, 3.63) is 11.7 Å². The molecule has 128 valence electrons. The maximum atomic E-state index is 12.4. The molecule has 2 saturated heterocycles. The summed E-state index contributed by atoms with van der Waals surface area (Å²) >= 11 is 0. The summed E-state index contributed by atoms with van der Waals surface area (Å²) in [5.74, 6) is 0.961. The van der Waals surface area contributed by atoms with Gasteiger partial charge in [0.1, 0.15) is 0 Å². The average Bonchev–Trinajstić information content (AvgIpc) is 3.11. The number of rotatable bonds is 3. The number of piperazine rings is 1. The second kappa shape index (κ2) is 6.20. The Hall–Kier alpha value is -1.48. The molecule has 3 rings (SSSR count). The first kappa shape index (κ1) is 16.4. The fraction of sp³-hybridized carbons (Fsp3) is 0.786. The van der Waals surface area contributed by atoms with Crippen molar-refractivity contribution in [2.75, 3.05) is 37.7 Å². The lowest BCUT2D eigenvalue weighted by Crippen LogP contribution is -2.51.